The van der Waals surface area contributed by atoms with Crippen LogP contribution in [-0.2, 0) is 0 Å². The van der Waals surface area contributed by atoms with Gasteiger partial charge in [-0.1, -0.05) is 33.3 Å². The van der Waals surface area contributed by atoms with Gasteiger partial charge in [0, 0.05) is 10.0 Å². The lowest BCUT2D eigenvalue weighted by molar-refractivity contribution is 0.271. The largest absolute Gasteiger partial charge is 0.492 e. The Hall–Kier alpha value is -1.51. The summed E-state index contributed by atoms with van der Waals surface area (Å²) in [5.41, 5.74) is 0.565. The maximum atomic E-state index is 14.6. The third-order valence-electron chi connectivity index (χ3n) is 4.15. The Morgan fingerprint density at radius 2 is 2.09 bits per heavy atom. The van der Waals surface area contributed by atoms with Crippen LogP contribution in [0.1, 0.15) is 29.3 Å². The fraction of sp³-hybridized carbons (Fsp3) is 0.333. The Bertz CT molecular complexity index is 858. The molecule has 0 radical (unpaired) electrons. The quantitative estimate of drug-likeness (QED) is 0.734. The van der Waals surface area contributed by atoms with Crippen molar-refractivity contribution in [2.24, 2.45) is 0 Å². The SMILES string of the molecule is Oc1c(C(c2ccc(Br)cc2F)N2CCCC2)sc2ncnn12. The molecule has 0 saturated carbocycles. The van der Waals surface area contributed by atoms with E-state index in [1.165, 1.54) is 28.2 Å². The normalized spacial score (nSPS) is 17.1. The fourth-order valence-electron chi connectivity index (χ4n) is 3.10. The molecule has 1 unspecified atom stereocenters. The highest BCUT2D eigenvalue weighted by Crippen LogP contribution is 2.41. The lowest BCUT2D eigenvalue weighted by Crippen LogP contribution is -2.26. The summed E-state index contributed by atoms with van der Waals surface area (Å²) in [4.78, 5) is 7.63. The number of aromatic nitrogens is 3. The van der Waals surface area contributed by atoms with Crippen LogP contribution in [0.4, 0.5) is 4.39 Å². The first kappa shape index (κ1) is 15.0. The highest BCUT2D eigenvalue weighted by molar-refractivity contribution is 9.10. The molecular weight excluding hydrogens is 383 g/mol. The van der Waals surface area contributed by atoms with Gasteiger partial charge in [-0.3, -0.25) is 4.90 Å². The number of hydrogen-bond donors (Lipinski definition) is 1. The molecule has 1 N–H and O–H groups in total. The maximum absolute atomic E-state index is 14.6. The van der Waals surface area contributed by atoms with Crippen LogP contribution in [0.2, 0.25) is 0 Å². The molecule has 0 aliphatic carbocycles. The van der Waals surface area contributed by atoms with Gasteiger partial charge in [0.25, 0.3) is 0 Å². The van der Waals surface area contributed by atoms with Crippen LogP contribution in [0, 0.1) is 5.82 Å². The Morgan fingerprint density at radius 3 is 2.78 bits per heavy atom. The van der Waals surface area contributed by atoms with Gasteiger partial charge in [-0.05, 0) is 38.1 Å². The predicted molar refractivity (Wildman–Crippen MR) is 89.3 cm³/mol. The van der Waals surface area contributed by atoms with Gasteiger partial charge in [0.2, 0.25) is 10.8 Å². The van der Waals surface area contributed by atoms with Crippen molar-refractivity contribution in [3.63, 3.8) is 0 Å². The van der Waals surface area contributed by atoms with Crippen LogP contribution in [0.25, 0.3) is 4.96 Å². The van der Waals surface area contributed by atoms with Gasteiger partial charge in [0.05, 0.1) is 10.9 Å². The molecule has 0 spiro atoms. The standard InChI is InChI=1S/C15H14BrFN4OS/c16-9-3-4-10(11(17)7-9)12(20-5-1-2-6-20)13-14(22)21-15(23-13)18-8-19-21/h3-4,7-8,12,22H,1-2,5-6H2. The van der Waals surface area contributed by atoms with Crippen LogP contribution in [0.15, 0.2) is 29.0 Å². The minimum Gasteiger partial charge on any atom is -0.492 e. The predicted octanol–water partition coefficient (Wildman–Crippen LogP) is 3.58. The number of hydrogen-bond acceptors (Lipinski definition) is 5. The molecule has 1 saturated heterocycles. The van der Waals surface area contributed by atoms with E-state index in [-0.39, 0.29) is 17.7 Å². The molecule has 1 fully saturated rings. The van der Waals surface area contributed by atoms with Crippen LogP contribution in [0.3, 0.4) is 0 Å². The summed E-state index contributed by atoms with van der Waals surface area (Å²) in [6, 6.07) is 4.75. The summed E-state index contributed by atoms with van der Waals surface area (Å²) >= 11 is 4.65. The Kier molecular flexibility index (Phi) is 3.82. The van der Waals surface area contributed by atoms with Crippen LogP contribution < -0.4 is 0 Å². The second-order valence-electron chi connectivity index (χ2n) is 5.56. The molecule has 1 aromatic carbocycles. The van der Waals surface area contributed by atoms with Gasteiger partial charge in [-0.25, -0.2) is 9.37 Å². The van der Waals surface area contributed by atoms with Crippen LogP contribution >= 0.6 is 27.3 Å². The summed E-state index contributed by atoms with van der Waals surface area (Å²) < 4.78 is 16.7. The van der Waals surface area contributed by atoms with Gasteiger partial charge >= 0.3 is 0 Å². The molecule has 8 heteroatoms. The van der Waals surface area contributed by atoms with Crippen molar-refractivity contribution in [1.29, 1.82) is 0 Å². The molecule has 2 aromatic heterocycles. The number of nitrogens with zero attached hydrogens (tertiary/aromatic N) is 4. The smallest absolute Gasteiger partial charge is 0.230 e. The van der Waals surface area contributed by atoms with Crippen LogP contribution in [0.5, 0.6) is 5.88 Å². The topological polar surface area (TPSA) is 53.7 Å². The van der Waals surface area contributed by atoms with E-state index in [9.17, 15) is 9.50 Å². The van der Waals surface area contributed by atoms with E-state index in [0.717, 1.165) is 25.9 Å². The zero-order valence-electron chi connectivity index (χ0n) is 12.1. The van der Waals surface area contributed by atoms with Crippen molar-refractivity contribution >= 4 is 32.2 Å². The molecule has 23 heavy (non-hydrogen) atoms. The summed E-state index contributed by atoms with van der Waals surface area (Å²) in [6.07, 6.45) is 3.56. The number of fused-ring (bicyclic) bond motifs is 1. The highest BCUT2D eigenvalue weighted by Gasteiger charge is 2.32. The van der Waals surface area contributed by atoms with Gasteiger partial charge in [-0.2, -0.15) is 9.61 Å². The van der Waals surface area contributed by atoms with E-state index in [1.54, 1.807) is 6.07 Å². The first-order chi connectivity index (χ1) is 11.1. The summed E-state index contributed by atoms with van der Waals surface area (Å²) in [6.45, 7) is 1.76. The number of thiazole rings is 1. The number of aromatic hydroxyl groups is 1. The third kappa shape index (κ3) is 2.54. The summed E-state index contributed by atoms with van der Waals surface area (Å²) in [7, 11) is 0. The highest BCUT2D eigenvalue weighted by atomic mass is 79.9. The van der Waals surface area contributed by atoms with E-state index in [0.29, 0.717) is 19.9 Å². The van der Waals surface area contributed by atoms with E-state index in [1.807, 2.05) is 6.07 Å². The lowest BCUT2D eigenvalue weighted by Gasteiger charge is -2.27. The van der Waals surface area contributed by atoms with Crippen molar-refractivity contribution in [3.05, 3.63) is 45.3 Å². The lowest BCUT2D eigenvalue weighted by atomic mass is 10.0. The fourth-order valence-corrected chi connectivity index (χ4v) is 4.51. The molecule has 1 atom stereocenters. The van der Waals surface area contributed by atoms with E-state index < -0.39 is 0 Å². The molecule has 3 heterocycles. The first-order valence-electron chi connectivity index (χ1n) is 7.35. The zero-order valence-corrected chi connectivity index (χ0v) is 14.5. The Labute approximate surface area is 144 Å². The molecule has 120 valence electrons. The Morgan fingerprint density at radius 1 is 1.30 bits per heavy atom. The number of rotatable bonds is 3. The van der Waals surface area contributed by atoms with Crippen molar-refractivity contribution in [1.82, 2.24) is 19.5 Å². The summed E-state index contributed by atoms with van der Waals surface area (Å²) in [5.74, 6) is -0.239. The monoisotopic (exact) mass is 396 g/mol. The Balaban J connectivity index is 1.88. The van der Waals surface area contributed by atoms with E-state index in [4.69, 9.17) is 0 Å². The van der Waals surface area contributed by atoms with Gasteiger partial charge in [0.1, 0.15) is 12.1 Å². The van der Waals surface area contributed by atoms with Gasteiger partial charge in [0.15, 0.2) is 0 Å². The van der Waals surface area contributed by atoms with Crippen molar-refractivity contribution in [2.45, 2.75) is 18.9 Å². The maximum Gasteiger partial charge on any atom is 0.230 e. The number of halogens is 2. The number of likely N-dealkylation sites (tertiary alicyclic amines) is 1. The second kappa shape index (κ2) is 5.85. The summed E-state index contributed by atoms with van der Waals surface area (Å²) in [5, 5.41) is 14.6. The first-order valence-corrected chi connectivity index (χ1v) is 8.96. The average Bonchev–Trinajstić information content (AvgIpc) is 3.23. The molecule has 5 nitrogen and oxygen atoms in total. The minimum atomic E-state index is -0.320. The molecule has 0 amide bonds. The second-order valence-corrected chi connectivity index (χ2v) is 7.48. The number of benzene rings is 1. The van der Waals surface area contributed by atoms with Gasteiger partial charge in [-0.15, -0.1) is 0 Å². The third-order valence-corrected chi connectivity index (χ3v) is 5.73. The minimum absolute atomic E-state index is 0.0433. The van der Waals surface area contributed by atoms with Crippen LogP contribution in [-0.4, -0.2) is 37.7 Å². The molecular formula is C15H14BrFN4OS. The van der Waals surface area contributed by atoms with E-state index in [2.05, 4.69) is 30.9 Å². The van der Waals surface area contributed by atoms with Crippen molar-refractivity contribution in [3.8, 4) is 5.88 Å². The molecule has 1 aliphatic heterocycles. The molecule has 0 bridgehead atoms. The van der Waals surface area contributed by atoms with E-state index >= 15 is 0 Å². The molecule has 3 aromatic rings. The zero-order chi connectivity index (χ0) is 16.0. The van der Waals surface area contributed by atoms with Crippen molar-refractivity contribution in [2.75, 3.05) is 13.1 Å². The average molecular weight is 397 g/mol. The molecule has 1 aliphatic rings. The van der Waals surface area contributed by atoms with Crippen molar-refractivity contribution < 1.29 is 9.50 Å². The molecule has 4 rings (SSSR count). The van der Waals surface area contributed by atoms with Gasteiger partial charge < -0.3 is 5.11 Å².